The van der Waals surface area contributed by atoms with Gasteiger partial charge in [-0.1, -0.05) is 6.07 Å². The molecule has 0 saturated carbocycles. The summed E-state index contributed by atoms with van der Waals surface area (Å²) in [6, 6.07) is 6.43. The number of benzene rings is 1. The number of nitrogens with one attached hydrogen (secondary N) is 1. The molecule has 20 heavy (non-hydrogen) atoms. The highest BCUT2D eigenvalue weighted by atomic mass is 16.4. The molecule has 0 spiro atoms. The Kier molecular flexibility index (Phi) is 3.84. The van der Waals surface area contributed by atoms with E-state index in [9.17, 15) is 9.90 Å². The zero-order valence-corrected chi connectivity index (χ0v) is 11.2. The van der Waals surface area contributed by atoms with Crippen molar-refractivity contribution in [2.75, 3.05) is 5.32 Å². The summed E-state index contributed by atoms with van der Waals surface area (Å²) < 4.78 is 0. The number of aromatic hydroxyl groups is 1. The Bertz CT molecular complexity index is 636. The van der Waals surface area contributed by atoms with E-state index in [-0.39, 0.29) is 12.2 Å². The molecule has 6 nitrogen and oxygen atoms in total. The minimum absolute atomic E-state index is 0.0156. The monoisotopic (exact) mass is 273 g/mol. The number of rotatable bonds is 4. The molecule has 104 valence electrons. The Labute approximate surface area is 116 Å². The number of hydrogen-bond acceptors (Lipinski definition) is 5. The van der Waals surface area contributed by atoms with Gasteiger partial charge in [0.1, 0.15) is 5.75 Å². The van der Waals surface area contributed by atoms with Crippen molar-refractivity contribution >= 4 is 17.6 Å². The molecule has 0 atom stereocenters. The number of anilines is 2. The van der Waals surface area contributed by atoms with Crippen molar-refractivity contribution in [1.29, 1.82) is 0 Å². The lowest BCUT2D eigenvalue weighted by atomic mass is 10.1. The van der Waals surface area contributed by atoms with E-state index in [4.69, 9.17) is 5.11 Å². The van der Waals surface area contributed by atoms with E-state index in [0.29, 0.717) is 17.2 Å². The minimum atomic E-state index is -0.927. The van der Waals surface area contributed by atoms with Gasteiger partial charge in [0.05, 0.1) is 12.1 Å². The van der Waals surface area contributed by atoms with Gasteiger partial charge in [-0.05, 0) is 37.6 Å². The highest BCUT2D eigenvalue weighted by molar-refractivity contribution is 5.72. The maximum atomic E-state index is 10.7. The van der Waals surface area contributed by atoms with Crippen LogP contribution in [0.1, 0.15) is 17.0 Å². The van der Waals surface area contributed by atoms with E-state index in [2.05, 4.69) is 15.3 Å². The summed E-state index contributed by atoms with van der Waals surface area (Å²) in [7, 11) is 0. The van der Waals surface area contributed by atoms with Crippen molar-refractivity contribution in [1.82, 2.24) is 9.97 Å². The zero-order chi connectivity index (χ0) is 14.7. The van der Waals surface area contributed by atoms with Crippen LogP contribution in [0.2, 0.25) is 0 Å². The molecule has 0 amide bonds. The van der Waals surface area contributed by atoms with Crippen LogP contribution in [0.15, 0.2) is 24.3 Å². The normalized spacial score (nSPS) is 10.3. The summed E-state index contributed by atoms with van der Waals surface area (Å²) in [5.41, 5.74) is 2.58. The highest BCUT2D eigenvalue weighted by Crippen LogP contribution is 2.26. The van der Waals surface area contributed by atoms with Crippen molar-refractivity contribution in [3.05, 3.63) is 41.2 Å². The quantitative estimate of drug-likeness (QED) is 0.739. The van der Waals surface area contributed by atoms with Gasteiger partial charge in [0.15, 0.2) is 0 Å². The lowest BCUT2D eigenvalue weighted by Crippen LogP contribution is -2.03. The Morgan fingerprint density at radius 3 is 2.45 bits per heavy atom. The number of aromatic nitrogens is 2. The zero-order valence-electron chi connectivity index (χ0n) is 11.2. The highest BCUT2D eigenvalue weighted by Gasteiger charge is 2.08. The second-order valence-corrected chi connectivity index (χ2v) is 4.52. The molecule has 1 aromatic heterocycles. The van der Waals surface area contributed by atoms with Gasteiger partial charge in [0, 0.05) is 11.4 Å². The topological polar surface area (TPSA) is 95.3 Å². The molecule has 1 aromatic carbocycles. The van der Waals surface area contributed by atoms with Crippen LogP contribution in [0.25, 0.3) is 0 Å². The van der Waals surface area contributed by atoms with Gasteiger partial charge in [0.2, 0.25) is 5.95 Å². The first-order chi connectivity index (χ1) is 9.44. The predicted molar refractivity (Wildman–Crippen MR) is 74.2 cm³/mol. The summed E-state index contributed by atoms with van der Waals surface area (Å²) in [5, 5.41) is 21.5. The van der Waals surface area contributed by atoms with Crippen molar-refractivity contribution in [2.24, 2.45) is 0 Å². The SMILES string of the molecule is Cc1cc(C)nc(Nc2cc(CC(=O)O)ccc2O)n1. The standard InChI is InChI=1S/C14H15N3O3/c1-8-5-9(2)16-14(15-8)17-11-6-10(7-13(19)20)3-4-12(11)18/h3-6,18H,7H2,1-2H3,(H,19,20)(H,15,16,17). The van der Waals surface area contributed by atoms with E-state index >= 15 is 0 Å². The molecule has 0 bridgehead atoms. The van der Waals surface area contributed by atoms with Gasteiger partial charge in [0.25, 0.3) is 0 Å². The third-order valence-corrected chi connectivity index (χ3v) is 2.65. The number of aliphatic carboxylic acids is 1. The fourth-order valence-corrected chi connectivity index (χ4v) is 1.87. The summed E-state index contributed by atoms with van der Waals surface area (Å²) in [4.78, 5) is 19.1. The van der Waals surface area contributed by atoms with Gasteiger partial charge >= 0.3 is 5.97 Å². The van der Waals surface area contributed by atoms with Crippen LogP contribution in [0.5, 0.6) is 5.75 Å². The average Bonchev–Trinajstić information content (AvgIpc) is 2.31. The molecule has 0 radical (unpaired) electrons. The Morgan fingerprint density at radius 2 is 1.85 bits per heavy atom. The molecule has 0 unspecified atom stereocenters. The van der Waals surface area contributed by atoms with Crippen LogP contribution < -0.4 is 5.32 Å². The number of carboxylic acids is 1. The predicted octanol–water partition coefficient (Wildman–Crippen LogP) is 2.17. The maximum Gasteiger partial charge on any atom is 0.307 e. The lowest BCUT2D eigenvalue weighted by molar-refractivity contribution is -0.136. The molecular weight excluding hydrogens is 258 g/mol. The van der Waals surface area contributed by atoms with Crippen molar-refractivity contribution in [3.8, 4) is 5.75 Å². The second kappa shape index (κ2) is 5.56. The van der Waals surface area contributed by atoms with Crippen molar-refractivity contribution in [3.63, 3.8) is 0 Å². The minimum Gasteiger partial charge on any atom is -0.506 e. The number of aryl methyl sites for hydroxylation is 2. The molecule has 1 heterocycles. The molecule has 2 rings (SSSR count). The van der Waals surface area contributed by atoms with E-state index in [0.717, 1.165) is 11.4 Å². The van der Waals surface area contributed by atoms with Crippen LogP contribution in [-0.4, -0.2) is 26.2 Å². The van der Waals surface area contributed by atoms with Gasteiger partial charge < -0.3 is 15.5 Å². The van der Waals surface area contributed by atoms with Crippen LogP contribution in [0, 0.1) is 13.8 Å². The van der Waals surface area contributed by atoms with Gasteiger partial charge in [-0.25, -0.2) is 9.97 Å². The Balaban J connectivity index is 2.29. The van der Waals surface area contributed by atoms with Crippen LogP contribution in [0.4, 0.5) is 11.6 Å². The van der Waals surface area contributed by atoms with Gasteiger partial charge in [-0.2, -0.15) is 0 Å². The van der Waals surface area contributed by atoms with E-state index in [1.54, 1.807) is 12.1 Å². The van der Waals surface area contributed by atoms with Gasteiger partial charge in [-0.15, -0.1) is 0 Å². The molecule has 0 aliphatic carbocycles. The maximum absolute atomic E-state index is 10.7. The second-order valence-electron chi connectivity index (χ2n) is 4.52. The third kappa shape index (κ3) is 3.44. The number of carbonyl (C=O) groups is 1. The molecule has 0 saturated heterocycles. The van der Waals surface area contributed by atoms with E-state index in [1.165, 1.54) is 6.07 Å². The first-order valence-corrected chi connectivity index (χ1v) is 6.07. The molecule has 3 N–H and O–H groups in total. The summed E-state index contributed by atoms with van der Waals surface area (Å²) in [6.45, 7) is 3.70. The first-order valence-electron chi connectivity index (χ1n) is 6.07. The van der Waals surface area contributed by atoms with Crippen LogP contribution in [-0.2, 0) is 11.2 Å². The van der Waals surface area contributed by atoms with E-state index < -0.39 is 5.97 Å². The molecule has 2 aromatic rings. The number of carboxylic acid groups (broad SMARTS) is 1. The molecule has 6 heteroatoms. The van der Waals surface area contributed by atoms with Crippen LogP contribution >= 0.6 is 0 Å². The molecular formula is C14H15N3O3. The van der Waals surface area contributed by atoms with Crippen LogP contribution in [0.3, 0.4) is 0 Å². The van der Waals surface area contributed by atoms with Crippen molar-refractivity contribution in [2.45, 2.75) is 20.3 Å². The Morgan fingerprint density at radius 1 is 1.20 bits per heavy atom. The van der Waals surface area contributed by atoms with E-state index in [1.807, 2.05) is 19.9 Å². The summed E-state index contributed by atoms with van der Waals surface area (Å²) in [5.74, 6) is -0.545. The first kappa shape index (κ1) is 13.8. The fourth-order valence-electron chi connectivity index (χ4n) is 1.87. The summed E-state index contributed by atoms with van der Waals surface area (Å²) in [6.07, 6.45) is -0.108. The number of hydrogen-bond donors (Lipinski definition) is 3. The average molecular weight is 273 g/mol. The lowest BCUT2D eigenvalue weighted by Gasteiger charge is -2.09. The molecule has 0 aliphatic rings. The molecule has 0 fully saturated rings. The fraction of sp³-hybridized carbons (Fsp3) is 0.214. The number of nitrogens with zero attached hydrogens (tertiary/aromatic N) is 2. The molecule has 0 aliphatic heterocycles. The Hall–Kier alpha value is -2.63. The van der Waals surface area contributed by atoms with Crippen molar-refractivity contribution < 1.29 is 15.0 Å². The largest absolute Gasteiger partial charge is 0.506 e. The summed E-state index contributed by atoms with van der Waals surface area (Å²) >= 11 is 0. The number of phenolic OH excluding ortho intramolecular Hbond substituents is 1. The smallest absolute Gasteiger partial charge is 0.307 e. The third-order valence-electron chi connectivity index (χ3n) is 2.65. The number of phenols is 1. The van der Waals surface area contributed by atoms with Gasteiger partial charge in [-0.3, -0.25) is 4.79 Å².